The summed E-state index contributed by atoms with van der Waals surface area (Å²) in [5.74, 6) is 0. The SMILES string of the molecule is Cc1nc(CNC(=O)NC[C@H](C)N2CCCC2)cs1. The summed E-state index contributed by atoms with van der Waals surface area (Å²) in [4.78, 5) is 18.4. The van der Waals surface area contributed by atoms with E-state index >= 15 is 0 Å². The Balaban J connectivity index is 1.64. The Hall–Kier alpha value is -1.14. The molecule has 1 aliphatic heterocycles. The number of nitrogens with one attached hydrogen (secondary N) is 2. The summed E-state index contributed by atoms with van der Waals surface area (Å²) in [6.07, 6.45) is 2.55. The number of carbonyl (C=O) groups is 1. The molecule has 0 radical (unpaired) electrons. The molecule has 2 heterocycles. The average Bonchev–Trinajstić information content (AvgIpc) is 3.04. The van der Waals surface area contributed by atoms with Gasteiger partial charge in [-0.2, -0.15) is 0 Å². The molecule has 0 bridgehead atoms. The van der Waals surface area contributed by atoms with Crippen LogP contribution in [0.25, 0.3) is 0 Å². The molecule has 106 valence electrons. The Morgan fingerprint density at radius 2 is 2.21 bits per heavy atom. The van der Waals surface area contributed by atoms with Crippen LogP contribution >= 0.6 is 11.3 Å². The lowest BCUT2D eigenvalue weighted by Crippen LogP contribution is -2.44. The van der Waals surface area contributed by atoms with E-state index in [0.717, 1.165) is 23.8 Å². The molecule has 19 heavy (non-hydrogen) atoms. The van der Waals surface area contributed by atoms with Crippen LogP contribution in [-0.2, 0) is 6.54 Å². The van der Waals surface area contributed by atoms with Crippen molar-refractivity contribution in [3.05, 3.63) is 16.1 Å². The topological polar surface area (TPSA) is 57.3 Å². The number of aromatic nitrogens is 1. The molecule has 1 saturated heterocycles. The second-order valence-electron chi connectivity index (χ2n) is 5.01. The van der Waals surface area contributed by atoms with Crippen LogP contribution in [-0.4, -0.2) is 41.6 Å². The van der Waals surface area contributed by atoms with Crippen molar-refractivity contribution in [3.63, 3.8) is 0 Å². The Morgan fingerprint density at radius 1 is 1.47 bits per heavy atom. The highest BCUT2D eigenvalue weighted by Crippen LogP contribution is 2.10. The molecule has 0 unspecified atom stereocenters. The van der Waals surface area contributed by atoms with E-state index in [9.17, 15) is 4.79 Å². The molecular formula is C13H22N4OS. The number of thiazole rings is 1. The van der Waals surface area contributed by atoms with Crippen LogP contribution in [0.2, 0.25) is 0 Å². The smallest absolute Gasteiger partial charge is 0.315 e. The normalized spacial score (nSPS) is 17.4. The van der Waals surface area contributed by atoms with E-state index in [1.807, 2.05) is 12.3 Å². The summed E-state index contributed by atoms with van der Waals surface area (Å²) in [5, 5.41) is 8.76. The summed E-state index contributed by atoms with van der Waals surface area (Å²) in [6, 6.07) is 0.298. The fourth-order valence-electron chi connectivity index (χ4n) is 2.27. The fraction of sp³-hybridized carbons (Fsp3) is 0.692. The first-order valence-corrected chi connectivity index (χ1v) is 7.70. The standard InChI is InChI=1S/C13H22N4OS/c1-10(17-5-3-4-6-17)7-14-13(18)15-8-12-9-19-11(2)16-12/h9-10H,3-8H2,1-2H3,(H2,14,15,18)/t10-/m0/s1. The van der Waals surface area contributed by atoms with Gasteiger partial charge in [0.2, 0.25) is 0 Å². The second-order valence-corrected chi connectivity index (χ2v) is 6.08. The maximum absolute atomic E-state index is 11.7. The molecule has 6 heteroatoms. The lowest BCUT2D eigenvalue weighted by molar-refractivity contribution is 0.226. The van der Waals surface area contributed by atoms with Gasteiger partial charge in [0.15, 0.2) is 0 Å². The van der Waals surface area contributed by atoms with Gasteiger partial charge < -0.3 is 10.6 Å². The minimum absolute atomic E-state index is 0.114. The first kappa shape index (κ1) is 14.3. The van der Waals surface area contributed by atoms with E-state index in [1.165, 1.54) is 12.8 Å². The Labute approximate surface area is 118 Å². The molecule has 0 aliphatic carbocycles. The van der Waals surface area contributed by atoms with Crippen molar-refractivity contribution in [1.82, 2.24) is 20.5 Å². The summed E-state index contributed by atoms with van der Waals surface area (Å²) < 4.78 is 0. The van der Waals surface area contributed by atoms with E-state index in [0.29, 0.717) is 19.1 Å². The molecule has 0 aromatic carbocycles. The lowest BCUT2D eigenvalue weighted by atomic mass is 10.3. The highest BCUT2D eigenvalue weighted by atomic mass is 32.1. The van der Waals surface area contributed by atoms with Gasteiger partial charge in [-0.1, -0.05) is 0 Å². The number of urea groups is 1. The number of carbonyl (C=O) groups excluding carboxylic acids is 1. The van der Waals surface area contributed by atoms with Gasteiger partial charge in [0.25, 0.3) is 0 Å². The van der Waals surface area contributed by atoms with Gasteiger partial charge in [0.05, 0.1) is 17.2 Å². The largest absolute Gasteiger partial charge is 0.337 e. The van der Waals surface area contributed by atoms with Crippen LogP contribution in [0.3, 0.4) is 0 Å². The maximum Gasteiger partial charge on any atom is 0.315 e. The van der Waals surface area contributed by atoms with E-state index in [-0.39, 0.29) is 6.03 Å². The molecular weight excluding hydrogens is 260 g/mol. The number of rotatable bonds is 5. The number of amides is 2. The van der Waals surface area contributed by atoms with Gasteiger partial charge in [-0.15, -0.1) is 11.3 Å². The number of hydrogen-bond donors (Lipinski definition) is 2. The second kappa shape index (κ2) is 6.86. The maximum atomic E-state index is 11.7. The average molecular weight is 282 g/mol. The lowest BCUT2D eigenvalue weighted by Gasteiger charge is -2.23. The highest BCUT2D eigenvalue weighted by Gasteiger charge is 2.18. The van der Waals surface area contributed by atoms with E-state index < -0.39 is 0 Å². The molecule has 0 saturated carbocycles. The van der Waals surface area contributed by atoms with Gasteiger partial charge in [-0.05, 0) is 39.8 Å². The van der Waals surface area contributed by atoms with Crippen LogP contribution in [0, 0.1) is 6.92 Å². The van der Waals surface area contributed by atoms with Gasteiger partial charge in [0, 0.05) is 18.0 Å². The van der Waals surface area contributed by atoms with Gasteiger partial charge in [-0.25, -0.2) is 9.78 Å². The monoisotopic (exact) mass is 282 g/mol. The zero-order valence-corrected chi connectivity index (χ0v) is 12.4. The van der Waals surface area contributed by atoms with Crippen LogP contribution in [0.4, 0.5) is 4.79 Å². The quantitative estimate of drug-likeness (QED) is 0.865. The van der Waals surface area contributed by atoms with Crippen molar-refractivity contribution >= 4 is 17.4 Å². The number of nitrogens with zero attached hydrogens (tertiary/aromatic N) is 2. The molecule has 2 rings (SSSR count). The van der Waals surface area contributed by atoms with Gasteiger partial charge >= 0.3 is 6.03 Å². The predicted molar refractivity (Wildman–Crippen MR) is 77.4 cm³/mol. The van der Waals surface area contributed by atoms with E-state index in [2.05, 4.69) is 27.4 Å². The molecule has 5 nitrogen and oxygen atoms in total. The van der Waals surface area contributed by atoms with Crippen molar-refractivity contribution in [3.8, 4) is 0 Å². The van der Waals surface area contributed by atoms with Crippen molar-refractivity contribution < 1.29 is 4.79 Å². The summed E-state index contributed by atoms with van der Waals surface area (Å²) in [6.45, 7) is 7.63. The third kappa shape index (κ3) is 4.47. The molecule has 2 amide bonds. The molecule has 1 aliphatic rings. The fourth-order valence-corrected chi connectivity index (χ4v) is 2.89. The summed E-state index contributed by atoms with van der Waals surface area (Å²) in [7, 11) is 0. The van der Waals surface area contributed by atoms with Crippen LogP contribution in [0.5, 0.6) is 0 Å². The van der Waals surface area contributed by atoms with E-state index in [4.69, 9.17) is 0 Å². The highest BCUT2D eigenvalue weighted by molar-refractivity contribution is 7.09. The van der Waals surface area contributed by atoms with Crippen LogP contribution in [0.1, 0.15) is 30.5 Å². The first-order chi connectivity index (χ1) is 9.15. The Morgan fingerprint density at radius 3 is 2.84 bits per heavy atom. The van der Waals surface area contributed by atoms with E-state index in [1.54, 1.807) is 11.3 Å². The number of likely N-dealkylation sites (tertiary alicyclic amines) is 1. The minimum Gasteiger partial charge on any atom is -0.337 e. The number of hydrogen-bond acceptors (Lipinski definition) is 4. The number of aryl methyl sites for hydroxylation is 1. The predicted octanol–water partition coefficient (Wildman–Crippen LogP) is 1.74. The molecule has 0 spiro atoms. The molecule has 1 atom stereocenters. The molecule has 1 aromatic heterocycles. The Bertz CT molecular complexity index is 415. The van der Waals surface area contributed by atoms with Crippen LogP contribution in [0.15, 0.2) is 5.38 Å². The minimum atomic E-state index is -0.114. The van der Waals surface area contributed by atoms with Crippen molar-refractivity contribution in [1.29, 1.82) is 0 Å². The van der Waals surface area contributed by atoms with Crippen molar-refractivity contribution in [2.45, 2.75) is 39.3 Å². The van der Waals surface area contributed by atoms with Crippen molar-refractivity contribution in [2.24, 2.45) is 0 Å². The Kier molecular flexibility index (Phi) is 5.15. The summed E-state index contributed by atoms with van der Waals surface area (Å²) >= 11 is 1.60. The molecule has 1 aromatic rings. The van der Waals surface area contributed by atoms with Crippen LogP contribution < -0.4 is 10.6 Å². The zero-order chi connectivity index (χ0) is 13.7. The molecule has 2 N–H and O–H groups in total. The molecule has 1 fully saturated rings. The summed E-state index contributed by atoms with van der Waals surface area (Å²) in [5.41, 5.74) is 0.922. The zero-order valence-electron chi connectivity index (χ0n) is 11.6. The first-order valence-electron chi connectivity index (χ1n) is 6.82. The third-order valence-electron chi connectivity index (χ3n) is 3.42. The third-order valence-corrected chi connectivity index (χ3v) is 4.24. The van der Waals surface area contributed by atoms with Crippen molar-refractivity contribution in [2.75, 3.05) is 19.6 Å². The van der Waals surface area contributed by atoms with Gasteiger partial charge in [0.1, 0.15) is 0 Å². The van der Waals surface area contributed by atoms with Gasteiger partial charge in [-0.3, -0.25) is 4.90 Å².